The van der Waals surface area contributed by atoms with Gasteiger partial charge in [-0.05, 0) is 75.2 Å². The molecule has 0 aromatic heterocycles. The number of carbonyl (C=O) groups is 1. The molecular weight excluding hydrogens is 326 g/mol. The molecule has 1 saturated heterocycles. The van der Waals surface area contributed by atoms with Gasteiger partial charge in [0.25, 0.3) is 0 Å². The number of nitriles is 1. The number of piperidine rings is 1. The summed E-state index contributed by atoms with van der Waals surface area (Å²) in [6.07, 6.45) is 1.93. The second kappa shape index (κ2) is 7.59. The van der Waals surface area contributed by atoms with Gasteiger partial charge in [0.05, 0.1) is 17.2 Å². The molecule has 5 nitrogen and oxygen atoms in total. The molecule has 0 amide bonds. The molecule has 1 fully saturated rings. The Morgan fingerprint density at radius 3 is 2.58 bits per heavy atom. The van der Waals surface area contributed by atoms with E-state index in [1.165, 1.54) is 0 Å². The maximum absolute atomic E-state index is 11.6. The fourth-order valence-corrected chi connectivity index (χ4v) is 3.67. The topological polar surface area (TPSA) is 76.4 Å². The van der Waals surface area contributed by atoms with Crippen molar-refractivity contribution in [3.8, 4) is 6.07 Å². The van der Waals surface area contributed by atoms with E-state index in [1.54, 1.807) is 12.1 Å². The number of nitrogens with zero attached hydrogens (tertiary/aromatic N) is 2. The summed E-state index contributed by atoms with van der Waals surface area (Å²) in [6, 6.07) is 13.7. The van der Waals surface area contributed by atoms with E-state index in [0.717, 1.165) is 48.4 Å². The van der Waals surface area contributed by atoms with E-state index in [-0.39, 0.29) is 6.04 Å². The Morgan fingerprint density at radius 1 is 1.19 bits per heavy atom. The van der Waals surface area contributed by atoms with Crippen molar-refractivity contribution in [1.82, 2.24) is 5.32 Å². The maximum Gasteiger partial charge on any atom is 0.336 e. The summed E-state index contributed by atoms with van der Waals surface area (Å²) in [6.45, 7) is 5.69. The molecule has 134 valence electrons. The van der Waals surface area contributed by atoms with Gasteiger partial charge in [-0.15, -0.1) is 0 Å². The number of anilines is 2. The molecule has 0 unspecified atom stereocenters. The van der Waals surface area contributed by atoms with Crippen molar-refractivity contribution < 1.29 is 9.90 Å². The number of hydrogen-bond donors (Lipinski definition) is 2. The Kier molecular flexibility index (Phi) is 5.24. The quantitative estimate of drug-likeness (QED) is 0.879. The number of benzene rings is 2. The highest BCUT2D eigenvalue weighted by atomic mass is 16.4. The van der Waals surface area contributed by atoms with Gasteiger partial charge < -0.3 is 15.3 Å². The first-order valence-corrected chi connectivity index (χ1v) is 8.86. The number of carboxylic acid groups (broad SMARTS) is 1. The molecule has 3 rings (SSSR count). The number of carboxylic acids is 1. The van der Waals surface area contributed by atoms with Gasteiger partial charge >= 0.3 is 5.97 Å². The predicted octanol–water partition coefficient (Wildman–Crippen LogP) is 3.76. The lowest BCUT2D eigenvalue weighted by molar-refractivity contribution is 0.0696. The van der Waals surface area contributed by atoms with Gasteiger partial charge in [-0.3, -0.25) is 0 Å². The third kappa shape index (κ3) is 3.56. The second-order valence-electron chi connectivity index (χ2n) is 6.77. The van der Waals surface area contributed by atoms with Gasteiger partial charge in [0.15, 0.2) is 0 Å². The highest BCUT2D eigenvalue weighted by Gasteiger charge is 2.25. The molecular formula is C21H23N3O2. The first kappa shape index (κ1) is 18.0. The van der Waals surface area contributed by atoms with E-state index in [1.807, 2.05) is 38.1 Å². The van der Waals surface area contributed by atoms with Gasteiger partial charge in [-0.1, -0.05) is 12.1 Å². The molecule has 0 atom stereocenters. The van der Waals surface area contributed by atoms with Gasteiger partial charge in [0.2, 0.25) is 0 Å². The van der Waals surface area contributed by atoms with Gasteiger partial charge in [-0.25, -0.2) is 4.79 Å². The lowest BCUT2D eigenvalue weighted by Crippen LogP contribution is -2.41. The van der Waals surface area contributed by atoms with Crippen molar-refractivity contribution in [2.45, 2.75) is 32.7 Å². The van der Waals surface area contributed by atoms with Crippen molar-refractivity contribution in [2.75, 3.05) is 18.0 Å². The van der Waals surface area contributed by atoms with Crippen molar-refractivity contribution in [2.24, 2.45) is 0 Å². The van der Waals surface area contributed by atoms with Crippen LogP contribution in [0, 0.1) is 25.2 Å². The average molecular weight is 349 g/mol. The third-order valence-electron chi connectivity index (χ3n) is 4.96. The average Bonchev–Trinajstić information content (AvgIpc) is 2.64. The summed E-state index contributed by atoms with van der Waals surface area (Å²) in [5.41, 5.74) is 4.54. The minimum Gasteiger partial charge on any atom is -0.478 e. The van der Waals surface area contributed by atoms with E-state index in [2.05, 4.69) is 16.3 Å². The van der Waals surface area contributed by atoms with Crippen LogP contribution in [0.5, 0.6) is 0 Å². The third-order valence-corrected chi connectivity index (χ3v) is 4.96. The molecule has 2 N–H and O–H groups in total. The van der Waals surface area contributed by atoms with Crippen molar-refractivity contribution in [3.05, 3.63) is 58.7 Å². The van der Waals surface area contributed by atoms with Gasteiger partial charge in [0.1, 0.15) is 0 Å². The van der Waals surface area contributed by atoms with Crippen LogP contribution in [0.3, 0.4) is 0 Å². The van der Waals surface area contributed by atoms with Crippen molar-refractivity contribution in [1.29, 1.82) is 5.26 Å². The zero-order chi connectivity index (χ0) is 18.7. The van der Waals surface area contributed by atoms with Crippen LogP contribution in [-0.2, 0) is 0 Å². The monoisotopic (exact) mass is 349 g/mol. The first-order chi connectivity index (χ1) is 12.5. The summed E-state index contributed by atoms with van der Waals surface area (Å²) >= 11 is 0. The standard InChI is InChI=1S/C21H23N3O2/c1-14-10-15(2)20(12-19(14)21(25)26)24(17-6-8-23-9-7-17)18-5-3-4-16(11-18)13-22/h3-5,10-12,17,23H,6-9H2,1-2H3,(H,25,26). The van der Waals surface area contributed by atoms with Crippen LogP contribution < -0.4 is 10.2 Å². The predicted molar refractivity (Wildman–Crippen MR) is 102 cm³/mol. The molecule has 0 spiro atoms. The number of nitrogens with one attached hydrogen (secondary N) is 1. The molecule has 0 aliphatic carbocycles. The van der Waals surface area contributed by atoms with E-state index >= 15 is 0 Å². The summed E-state index contributed by atoms with van der Waals surface area (Å²) < 4.78 is 0. The Labute approximate surface area is 153 Å². The van der Waals surface area contributed by atoms with Crippen LogP contribution in [-0.4, -0.2) is 30.2 Å². The lowest BCUT2D eigenvalue weighted by Gasteiger charge is -2.37. The molecule has 1 aliphatic rings. The molecule has 1 heterocycles. The molecule has 26 heavy (non-hydrogen) atoms. The number of aryl methyl sites for hydroxylation is 2. The molecule has 1 aliphatic heterocycles. The zero-order valence-electron chi connectivity index (χ0n) is 15.1. The molecule has 0 saturated carbocycles. The van der Waals surface area contributed by atoms with E-state index in [0.29, 0.717) is 11.1 Å². The SMILES string of the molecule is Cc1cc(C)c(N(c2cccc(C#N)c2)C2CCNCC2)cc1C(=O)O. The molecule has 2 aromatic rings. The van der Waals surface area contributed by atoms with Crippen molar-refractivity contribution in [3.63, 3.8) is 0 Å². The van der Waals surface area contributed by atoms with E-state index in [4.69, 9.17) is 0 Å². The molecule has 0 bridgehead atoms. The van der Waals surface area contributed by atoms with Gasteiger partial charge in [-0.2, -0.15) is 5.26 Å². The normalized spacial score (nSPS) is 14.7. The van der Waals surface area contributed by atoms with E-state index in [9.17, 15) is 15.2 Å². The Hall–Kier alpha value is -2.84. The Morgan fingerprint density at radius 2 is 1.92 bits per heavy atom. The number of hydrogen-bond acceptors (Lipinski definition) is 4. The number of rotatable bonds is 4. The lowest BCUT2D eigenvalue weighted by atomic mass is 9.98. The Bertz CT molecular complexity index is 864. The van der Waals surface area contributed by atoms with Crippen LogP contribution in [0.2, 0.25) is 0 Å². The highest BCUT2D eigenvalue weighted by molar-refractivity contribution is 5.91. The summed E-state index contributed by atoms with van der Waals surface area (Å²) in [7, 11) is 0. The van der Waals surface area contributed by atoms with Crippen LogP contribution in [0.25, 0.3) is 0 Å². The van der Waals surface area contributed by atoms with Gasteiger partial charge in [0, 0.05) is 17.4 Å². The second-order valence-corrected chi connectivity index (χ2v) is 6.77. The minimum atomic E-state index is -0.917. The first-order valence-electron chi connectivity index (χ1n) is 8.86. The minimum absolute atomic E-state index is 0.258. The summed E-state index contributed by atoms with van der Waals surface area (Å²) in [4.78, 5) is 13.9. The molecule has 0 radical (unpaired) electrons. The zero-order valence-corrected chi connectivity index (χ0v) is 15.1. The van der Waals surface area contributed by atoms with Crippen LogP contribution >= 0.6 is 0 Å². The smallest absolute Gasteiger partial charge is 0.336 e. The highest BCUT2D eigenvalue weighted by Crippen LogP contribution is 2.35. The fraction of sp³-hybridized carbons (Fsp3) is 0.333. The summed E-state index contributed by atoms with van der Waals surface area (Å²) in [5, 5.41) is 22.2. The largest absolute Gasteiger partial charge is 0.478 e. The van der Waals surface area contributed by atoms with E-state index < -0.39 is 5.97 Å². The van der Waals surface area contributed by atoms with Crippen molar-refractivity contribution >= 4 is 17.3 Å². The molecule has 2 aromatic carbocycles. The van der Waals surface area contributed by atoms with Crippen LogP contribution in [0.1, 0.15) is 39.9 Å². The van der Waals surface area contributed by atoms with Crippen LogP contribution in [0.15, 0.2) is 36.4 Å². The molecule has 5 heteroatoms. The summed E-state index contributed by atoms with van der Waals surface area (Å²) in [5.74, 6) is -0.917. The maximum atomic E-state index is 11.6. The Balaban J connectivity index is 2.16. The van der Waals surface area contributed by atoms with Crippen LogP contribution in [0.4, 0.5) is 11.4 Å². The number of aromatic carboxylic acids is 1. The fourth-order valence-electron chi connectivity index (χ4n) is 3.67.